The summed E-state index contributed by atoms with van der Waals surface area (Å²) in [6, 6.07) is 4.78. The van der Waals surface area contributed by atoms with Crippen molar-refractivity contribution in [1.29, 1.82) is 0 Å². The maximum absolute atomic E-state index is 12.4. The van der Waals surface area contributed by atoms with E-state index in [9.17, 15) is 9.90 Å². The number of likely N-dealkylation sites (tertiary alicyclic amines) is 1. The number of carbonyl (C=O) groups is 1. The summed E-state index contributed by atoms with van der Waals surface area (Å²) in [5.74, 6) is 0.426. The van der Waals surface area contributed by atoms with Crippen LogP contribution in [0.25, 0.3) is 0 Å². The van der Waals surface area contributed by atoms with Crippen molar-refractivity contribution in [3.8, 4) is 5.75 Å². The van der Waals surface area contributed by atoms with Gasteiger partial charge in [-0.2, -0.15) is 0 Å². The van der Waals surface area contributed by atoms with Gasteiger partial charge in [0.15, 0.2) is 0 Å². The summed E-state index contributed by atoms with van der Waals surface area (Å²) >= 11 is 0. The average Bonchev–Trinajstić information content (AvgIpc) is 2.78. The Kier molecular flexibility index (Phi) is 4.39. The van der Waals surface area contributed by atoms with Crippen molar-refractivity contribution >= 4 is 17.3 Å². The summed E-state index contributed by atoms with van der Waals surface area (Å²) in [5, 5.41) is 12.8. The molecule has 2 unspecified atom stereocenters. The molecule has 0 spiro atoms. The van der Waals surface area contributed by atoms with Gasteiger partial charge in [-0.3, -0.25) is 9.69 Å². The topological polar surface area (TPSA) is 87.8 Å². The summed E-state index contributed by atoms with van der Waals surface area (Å²) in [6.45, 7) is 4.82. The Morgan fingerprint density at radius 3 is 2.86 bits per heavy atom. The number of anilines is 2. The number of nitrogens with two attached hydrogens (primary N) is 1. The predicted molar refractivity (Wildman–Crippen MR) is 82.3 cm³/mol. The summed E-state index contributed by atoms with van der Waals surface area (Å²) in [6.07, 6.45) is 0.673. The predicted octanol–water partition coefficient (Wildman–Crippen LogP) is 1.06. The Morgan fingerprint density at radius 1 is 1.57 bits per heavy atom. The van der Waals surface area contributed by atoms with Crippen molar-refractivity contribution in [2.75, 3.05) is 31.2 Å². The zero-order valence-electron chi connectivity index (χ0n) is 12.7. The van der Waals surface area contributed by atoms with Crippen LogP contribution in [0.5, 0.6) is 5.75 Å². The minimum absolute atomic E-state index is 0.142. The first-order valence-corrected chi connectivity index (χ1v) is 7.03. The zero-order chi connectivity index (χ0) is 15.6. The molecule has 0 saturated carbocycles. The van der Waals surface area contributed by atoms with Crippen LogP contribution < -0.4 is 15.8 Å². The molecule has 1 amide bonds. The number of β-amino-alcohol motifs (C(OH)–C–C–N with tert-alkyl or cyclic N) is 1. The van der Waals surface area contributed by atoms with E-state index >= 15 is 0 Å². The van der Waals surface area contributed by atoms with E-state index < -0.39 is 5.60 Å². The van der Waals surface area contributed by atoms with Crippen LogP contribution >= 0.6 is 0 Å². The number of benzene rings is 1. The number of rotatable bonds is 4. The molecule has 21 heavy (non-hydrogen) atoms. The Morgan fingerprint density at radius 2 is 2.29 bits per heavy atom. The first kappa shape index (κ1) is 15.6. The van der Waals surface area contributed by atoms with Crippen LogP contribution in [-0.2, 0) is 4.79 Å². The molecule has 6 nitrogen and oxygen atoms in total. The molecule has 0 radical (unpaired) electrons. The molecule has 116 valence electrons. The van der Waals surface area contributed by atoms with Crippen molar-refractivity contribution in [3.05, 3.63) is 18.2 Å². The van der Waals surface area contributed by atoms with Crippen LogP contribution in [0.3, 0.4) is 0 Å². The van der Waals surface area contributed by atoms with Gasteiger partial charge in [0, 0.05) is 18.8 Å². The number of methoxy groups -OCH3 is 1. The highest BCUT2D eigenvalue weighted by atomic mass is 16.5. The molecular weight excluding hydrogens is 270 g/mol. The van der Waals surface area contributed by atoms with Crippen LogP contribution in [0, 0.1) is 0 Å². The molecule has 1 heterocycles. The number of hydrogen-bond acceptors (Lipinski definition) is 5. The van der Waals surface area contributed by atoms with E-state index in [1.165, 1.54) is 0 Å². The quantitative estimate of drug-likeness (QED) is 0.723. The minimum Gasteiger partial charge on any atom is -0.495 e. The van der Waals surface area contributed by atoms with Crippen molar-refractivity contribution < 1.29 is 14.6 Å². The normalized spacial score (nSPS) is 23.8. The van der Waals surface area contributed by atoms with Gasteiger partial charge in [0.05, 0.1) is 24.4 Å². The zero-order valence-corrected chi connectivity index (χ0v) is 12.7. The molecule has 2 atom stereocenters. The fourth-order valence-corrected chi connectivity index (χ4v) is 2.54. The van der Waals surface area contributed by atoms with Crippen LogP contribution in [0.1, 0.15) is 20.3 Å². The second-order valence-electron chi connectivity index (χ2n) is 5.84. The van der Waals surface area contributed by atoms with E-state index in [0.717, 1.165) is 0 Å². The lowest BCUT2D eigenvalue weighted by atomic mass is 10.1. The Hall–Kier alpha value is -1.79. The van der Waals surface area contributed by atoms with E-state index in [1.54, 1.807) is 32.2 Å². The number of aliphatic hydroxyl groups is 1. The first-order valence-electron chi connectivity index (χ1n) is 7.03. The minimum atomic E-state index is -0.719. The third-order valence-corrected chi connectivity index (χ3v) is 3.89. The van der Waals surface area contributed by atoms with Crippen LogP contribution in [0.15, 0.2) is 18.2 Å². The maximum atomic E-state index is 12.4. The molecule has 0 bridgehead atoms. The van der Waals surface area contributed by atoms with E-state index in [1.807, 2.05) is 11.8 Å². The number of ether oxygens (including phenoxy) is 1. The molecule has 0 aromatic heterocycles. The van der Waals surface area contributed by atoms with Gasteiger partial charge in [-0.15, -0.1) is 0 Å². The molecule has 1 aliphatic heterocycles. The SMILES string of the molecule is COc1ccc(N)cc1NC(=O)C(C)N1CCC(C)(O)C1. The fourth-order valence-electron chi connectivity index (χ4n) is 2.54. The number of carbonyl (C=O) groups excluding carboxylic acids is 1. The first-order chi connectivity index (χ1) is 9.82. The average molecular weight is 293 g/mol. The highest BCUT2D eigenvalue weighted by Gasteiger charge is 2.35. The number of nitrogens with zero attached hydrogens (tertiary/aromatic N) is 1. The third-order valence-electron chi connectivity index (χ3n) is 3.89. The van der Waals surface area contributed by atoms with Crippen LogP contribution in [0.2, 0.25) is 0 Å². The van der Waals surface area contributed by atoms with Gasteiger partial charge in [0.1, 0.15) is 5.75 Å². The van der Waals surface area contributed by atoms with Gasteiger partial charge in [-0.1, -0.05) is 0 Å². The number of nitrogens with one attached hydrogen (secondary N) is 1. The van der Waals surface area contributed by atoms with Crippen LogP contribution in [-0.4, -0.2) is 47.8 Å². The summed E-state index contributed by atoms with van der Waals surface area (Å²) in [4.78, 5) is 14.3. The molecule has 6 heteroatoms. The molecule has 1 aromatic carbocycles. The lowest BCUT2D eigenvalue weighted by molar-refractivity contribution is -0.120. The Labute approximate surface area is 124 Å². The fraction of sp³-hybridized carbons (Fsp3) is 0.533. The highest BCUT2D eigenvalue weighted by molar-refractivity contribution is 5.96. The molecule has 1 aliphatic rings. The van der Waals surface area contributed by atoms with Gasteiger partial charge >= 0.3 is 0 Å². The Balaban J connectivity index is 2.06. The summed E-state index contributed by atoms with van der Waals surface area (Å²) in [5.41, 5.74) is 6.14. The van der Waals surface area contributed by atoms with Gasteiger partial charge in [-0.05, 0) is 38.5 Å². The monoisotopic (exact) mass is 293 g/mol. The smallest absolute Gasteiger partial charge is 0.241 e. The van der Waals surface area contributed by atoms with Crippen molar-refractivity contribution in [3.63, 3.8) is 0 Å². The van der Waals surface area contributed by atoms with E-state index in [2.05, 4.69) is 5.32 Å². The lowest BCUT2D eigenvalue weighted by Gasteiger charge is -2.25. The van der Waals surface area contributed by atoms with E-state index in [-0.39, 0.29) is 11.9 Å². The second kappa shape index (κ2) is 5.91. The molecule has 0 aliphatic carbocycles. The summed E-state index contributed by atoms with van der Waals surface area (Å²) < 4.78 is 5.22. The molecule has 1 fully saturated rings. The number of amides is 1. The molecule has 4 N–H and O–H groups in total. The van der Waals surface area contributed by atoms with Crippen molar-refractivity contribution in [2.24, 2.45) is 0 Å². The van der Waals surface area contributed by atoms with Gasteiger partial charge < -0.3 is 20.9 Å². The molecular formula is C15H23N3O3. The molecule has 1 saturated heterocycles. The van der Waals surface area contributed by atoms with Crippen molar-refractivity contribution in [2.45, 2.75) is 31.9 Å². The van der Waals surface area contributed by atoms with Gasteiger partial charge in [-0.25, -0.2) is 0 Å². The molecule has 2 rings (SSSR count). The van der Waals surface area contributed by atoms with E-state index in [4.69, 9.17) is 10.5 Å². The lowest BCUT2D eigenvalue weighted by Crippen LogP contribution is -2.42. The number of hydrogen-bond donors (Lipinski definition) is 3. The second-order valence-corrected chi connectivity index (χ2v) is 5.84. The summed E-state index contributed by atoms with van der Waals surface area (Å²) in [7, 11) is 1.54. The Bertz CT molecular complexity index is 531. The third kappa shape index (κ3) is 3.65. The standard InChI is InChI=1S/C15H23N3O3/c1-10(18-7-6-15(2,20)9-18)14(19)17-12-8-11(16)4-5-13(12)21-3/h4-5,8,10,20H,6-7,9,16H2,1-3H3,(H,17,19). The van der Waals surface area contributed by atoms with Gasteiger partial charge in [0.2, 0.25) is 5.91 Å². The molecule has 1 aromatic rings. The van der Waals surface area contributed by atoms with Crippen LogP contribution in [0.4, 0.5) is 11.4 Å². The van der Waals surface area contributed by atoms with E-state index in [0.29, 0.717) is 36.6 Å². The maximum Gasteiger partial charge on any atom is 0.241 e. The number of nitrogen functional groups attached to an aromatic ring is 1. The largest absolute Gasteiger partial charge is 0.495 e. The highest BCUT2D eigenvalue weighted by Crippen LogP contribution is 2.27. The van der Waals surface area contributed by atoms with Gasteiger partial charge in [0.25, 0.3) is 0 Å². The van der Waals surface area contributed by atoms with Crippen molar-refractivity contribution in [1.82, 2.24) is 4.90 Å².